The Morgan fingerprint density at radius 2 is 1.48 bits per heavy atom. The van der Waals surface area contributed by atoms with Gasteiger partial charge in [0.05, 0.1) is 10.6 Å². The van der Waals surface area contributed by atoms with Gasteiger partial charge in [0, 0.05) is 5.02 Å². The lowest BCUT2D eigenvalue weighted by Gasteiger charge is -2.10. The largest absolute Gasteiger partial charge is 0.480 e. The summed E-state index contributed by atoms with van der Waals surface area (Å²) in [7, 11) is 0. The van der Waals surface area contributed by atoms with Gasteiger partial charge in [-0.2, -0.15) is 0 Å². The number of esters is 1. The molecule has 0 spiro atoms. The van der Waals surface area contributed by atoms with E-state index in [9.17, 15) is 26.7 Å². The van der Waals surface area contributed by atoms with Crippen LogP contribution in [0.4, 0.5) is 22.0 Å². The monoisotopic (exact) mass is 400 g/mol. The average molecular weight is 401 g/mol. The fraction of sp³-hybridized carbons (Fsp3) is 0.133. The fourth-order valence-corrected chi connectivity index (χ4v) is 2.16. The summed E-state index contributed by atoms with van der Waals surface area (Å²) >= 11 is 11.5. The second-order valence-corrected chi connectivity index (χ2v) is 5.42. The molecular weight excluding hydrogens is 394 g/mol. The first-order valence-corrected chi connectivity index (χ1v) is 7.21. The standard InChI is InChI=1S/C15H7Cl2F5O3/c16-6-1-2-9(8(17)3-6)24-5-10(23)25-4-7-11(18)13(20)15(22)14(21)12(7)19/h1-3H,4-5H2. The van der Waals surface area contributed by atoms with Crippen molar-refractivity contribution in [3.05, 3.63) is 62.9 Å². The van der Waals surface area contributed by atoms with Crippen molar-refractivity contribution in [2.24, 2.45) is 0 Å². The molecule has 0 amide bonds. The zero-order valence-electron chi connectivity index (χ0n) is 12.0. The summed E-state index contributed by atoms with van der Waals surface area (Å²) in [5, 5.41) is 0.423. The van der Waals surface area contributed by atoms with Crippen LogP contribution in [-0.2, 0) is 16.1 Å². The summed E-state index contributed by atoms with van der Waals surface area (Å²) in [6, 6.07) is 4.14. The molecule has 2 aromatic carbocycles. The third-order valence-electron chi connectivity index (χ3n) is 2.92. The van der Waals surface area contributed by atoms with Crippen LogP contribution in [0.25, 0.3) is 0 Å². The molecule has 3 nitrogen and oxygen atoms in total. The Morgan fingerprint density at radius 3 is 2.04 bits per heavy atom. The van der Waals surface area contributed by atoms with Gasteiger partial charge in [0.15, 0.2) is 29.9 Å². The molecule has 0 aromatic heterocycles. The molecule has 0 heterocycles. The molecule has 0 radical (unpaired) electrons. The van der Waals surface area contributed by atoms with Crippen molar-refractivity contribution in [3.8, 4) is 5.75 Å². The molecule has 0 unspecified atom stereocenters. The summed E-state index contributed by atoms with van der Waals surface area (Å²) in [5.74, 6) is -11.7. The molecule has 0 aliphatic carbocycles. The number of carbonyl (C=O) groups is 1. The highest BCUT2D eigenvalue weighted by Crippen LogP contribution is 2.27. The summed E-state index contributed by atoms with van der Waals surface area (Å²) in [6.07, 6.45) is 0. The quantitative estimate of drug-likeness (QED) is 0.312. The van der Waals surface area contributed by atoms with E-state index >= 15 is 0 Å². The van der Waals surface area contributed by atoms with E-state index in [-0.39, 0.29) is 10.8 Å². The van der Waals surface area contributed by atoms with Crippen LogP contribution in [0.15, 0.2) is 18.2 Å². The number of halogens is 7. The number of benzene rings is 2. The normalized spacial score (nSPS) is 10.7. The number of hydrogen-bond donors (Lipinski definition) is 0. The number of hydrogen-bond acceptors (Lipinski definition) is 3. The smallest absolute Gasteiger partial charge is 0.344 e. The van der Waals surface area contributed by atoms with Gasteiger partial charge in [-0.1, -0.05) is 23.2 Å². The van der Waals surface area contributed by atoms with Crippen LogP contribution < -0.4 is 4.74 Å². The van der Waals surface area contributed by atoms with Crippen LogP contribution >= 0.6 is 23.2 Å². The van der Waals surface area contributed by atoms with E-state index in [4.69, 9.17) is 27.9 Å². The zero-order valence-corrected chi connectivity index (χ0v) is 13.5. The van der Waals surface area contributed by atoms with Gasteiger partial charge in [-0.25, -0.2) is 26.7 Å². The van der Waals surface area contributed by atoms with Crippen LogP contribution in [-0.4, -0.2) is 12.6 Å². The van der Waals surface area contributed by atoms with Gasteiger partial charge in [-0.05, 0) is 18.2 Å². The number of carbonyl (C=O) groups excluding carboxylic acids is 1. The molecule has 0 N–H and O–H groups in total. The summed E-state index contributed by atoms with van der Waals surface area (Å²) in [4.78, 5) is 11.5. The van der Waals surface area contributed by atoms with Gasteiger partial charge >= 0.3 is 5.97 Å². The molecule has 2 aromatic rings. The van der Waals surface area contributed by atoms with Crippen molar-refractivity contribution in [1.82, 2.24) is 0 Å². The van der Waals surface area contributed by atoms with E-state index in [1.54, 1.807) is 0 Å². The lowest BCUT2D eigenvalue weighted by atomic mass is 10.2. The average Bonchev–Trinajstić information content (AvgIpc) is 2.57. The highest BCUT2D eigenvalue weighted by molar-refractivity contribution is 6.35. The first kappa shape index (κ1) is 19.3. The fourth-order valence-electron chi connectivity index (χ4n) is 1.70. The second-order valence-electron chi connectivity index (χ2n) is 4.57. The van der Waals surface area contributed by atoms with Crippen molar-refractivity contribution >= 4 is 29.2 Å². The van der Waals surface area contributed by atoms with Crippen LogP contribution in [0.1, 0.15) is 5.56 Å². The van der Waals surface area contributed by atoms with E-state index in [0.29, 0.717) is 5.02 Å². The van der Waals surface area contributed by atoms with Crippen LogP contribution in [0, 0.1) is 29.1 Å². The summed E-state index contributed by atoms with van der Waals surface area (Å²) in [5.41, 5.74) is -1.27. The Balaban J connectivity index is 2.01. The third kappa shape index (κ3) is 4.32. The van der Waals surface area contributed by atoms with Gasteiger partial charge in [-0.15, -0.1) is 0 Å². The maximum atomic E-state index is 13.4. The minimum atomic E-state index is -2.30. The topological polar surface area (TPSA) is 35.5 Å². The van der Waals surface area contributed by atoms with E-state index in [0.717, 1.165) is 0 Å². The van der Waals surface area contributed by atoms with E-state index in [1.165, 1.54) is 18.2 Å². The number of rotatable bonds is 5. The lowest BCUT2D eigenvalue weighted by Crippen LogP contribution is -2.17. The first-order valence-electron chi connectivity index (χ1n) is 6.46. The van der Waals surface area contributed by atoms with Gasteiger partial charge in [-0.3, -0.25) is 0 Å². The molecule has 10 heteroatoms. The zero-order chi connectivity index (χ0) is 18.7. The molecule has 0 saturated heterocycles. The molecule has 0 bridgehead atoms. The van der Waals surface area contributed by atoms with Crippen LogP contribution in [0.2, 0.25) is 10.0 Å². The summed E-state index contributed by atoms with van der Waals surface area (Å²) < 4.78 is 75.2. The van der Waals surface area contributed by atoms with Crippen molar-refractivity contribution < 1.29 is 36.2 Å². The van der Waals surface area contributed by atoms with E-state index < -0.39 is 53.8 Å². The molecule has 0 aliphatic heterocycles. The minimum Gasteiger partial charge on any atom is -0.480 e. The minimum absolute atomic E-state index is 0.0826. The molecule has 0 aliphatic rings. The van der Waals surface area contributed by atoms with Gasteiger partial charge < -0.3 is 9.47 Å². The first-order chi connectivity index (χ1) is 11.7. The van der Waals surface area contributed by atoms with Crippen LogP contribution in [0.3, 0.4) is 0 Å². The maximum absolute atomic E-state index is 13.4. The van der Waals surface area contributed by atoms with Crippen molar-refractivity contribution in [3.63, 3.8) is 0 Å². The lowest BCUT2D eigenvalue weighted by molar-refractivity contribution is -0.147. The molecular formula is C15H7Cl2F5O3. The second kappa shape index (κ2) is 7.88. The Hall–Kier alpha value is -2.06. The molecule has 25 heavy (non-hydrogen) atoms. The maximum Gasteiger partial charge on any atom is 0.344 e. The third-order valence-corrected chi connectivity index (χ3v) is 3.45. The Bertz CT molecular complexity index is 800. The van der Waals surface area contributed by atoms with Crippen molar-refractivity contribution in [1.29, 1.82) is 0 Å². The Kier molecular flexibility index (Phi) is 6.07. The van der Waals surface area contributed by atoms with Gasteiger partial charge in [0.2, 0.25) is 5.82 Å². The van der Waals surface area contributed by atoms with Gasteiger partial charge in [0.1, 0.15) is 12.4 Å². The summed E-state index contributed by atoms with van der Waals surface area (Å²) in [6.45, 7) is -1.88. The predicted octanol–water partition coefficient (Wildman–Crippen LogP) is 4.81. The van der Waals surface area contributed by atoms with E-state index in [2.05, 4.69) is 4.74 Å². The highest BCUT2D eigenvalue weighted by atomic mass is 35.5. The molecule has 0 saturated carbocycles. The van der Waals surface area contributed by atoms with Gasteiger partial charge in [0.25, 0.3) is 0 Å². The molecule has 134 valence electrons. The Labute approximate surface area is 147 Å². The highest BCUT2D eigenvalue weighted by Gasteiger charge is 2.26. The van der Waals surface area contributed by atoms with Crippen molar-refractivity contribution in [2.45, 2.75) is 6.61 Å². The molecule has 2 rings (SSSR count). The number of ether oxygens (including phenoxy) is 2. The SMILES string of the molecule is O=C(COc1ccc(Cl)cc1Cl)OCc1c(F)c(F)c(F)c(F)c1F. The molecule has 0 atom stereocenters. The van der Waals surface area contributed by atoms with E-state index in [1.807, 2.05) is 0 Å². The predicted molar refractivity (Wildman–Crippen MR) is 78.0 cm³/mol. The Morgan fingerprint density at radius 1 is 0.920 bits per heavy atom. The van der Waals surface area contributed by atoms with Crippen molar-refractivity contribution in [2.75, 3.05) is 6.61 Å². The molecule has 0 fully saturated rings. The van der Waals surface area contributed by atoms with Crippen LogP contribution in [0.5, 0.6) is 5.75 Å².